The number of furan rings is 1. The van der Waals surface area contributed by atoms with Crippen LogP contribution in [0.4, 0.5) is 0 Å². The second kappa shape index (κ2) is 5.19. The van der Waals surface area contributed by atoms with Gasteiger partial charge in [0, 0.05) is 11.5 Å². The minimum absolute atomic E-state index is 0.103. The highest BCUT2D eigenvalue weighted by Crippen LogP contribution is 2.37. The van der Waals surface area contributed by atoms with E-state index >= 15 is 0 Å². The molecule has 2 heterocycles. The molecule has 3 nitrogen and oxygen atoms in total. The zero-order chi connectivity index (χ0) is 14.9. The Hall–Kier alpha value is -2.81. The molecule has 0 saturated heterocycles. The summed E-state index contributed by atoms with van der Waals surface area (Å²) in [7, 11) is 0. The second-order valence-electron chi connectivity index (χ2n) is 5.36. The van der Waals surface area contributed by atoms with Crippen molar-refractivity contribution in [3.63, 3.8) is 0 Å². The van der Waals surface area contributed by atoms with E-state index in [1.807, 2.05) is 54.6 Å². The van der Waals surface area contributed by atoms with Crippen LogP contribution in [0.5, 0.6) is 0 Å². The molecule has 1 aromatic carbocycles. The van der Waals surface area contributed by atoms with Gasteiger partial charge in [0.2, 0.25) is 0 Å². The van der Waals surface area contributed by atoms with Crippen LogP contribution in [0.1, 0.15) is 17.7 Å². The van der Waals surface area contributed by atoms with E-state index in [4.69, 9.17) is 9.15 Å². The summed E-state index contributed by atoms with van der Waals surface area (Å²) in [5.74, 6) is 1.29. The first-order valence-corrected chi connectivity index (χ1v) is 7.26. The predicted molar refractivity (Wildman–Crippen MR) is 83.4 cm³/mol. The molecule has 4 rings (SSSR count). The lowest BCUT2D eigenvalue weighted by Crippen LogP contribution is -2.20. The first-order chi connectivity index (χ1) is 10.8. The van der Waals surface area contributed by atoms with Gasteiger partial charge >= 0.3 is 5.97 Å². The van der Waals surface area contributed by atoms with Gasteiger partial charge in [0.1, 0.15) is 11.5 Å². The molecule has 0 spiro atoms. The molecule has 1 atom stereocenters. The number of allylic oxidation sites excluding steroid dienone is 4. The van der Waals surface area contributed by atoms with E-state index in [9.17, 15) is 4.79 Å². The Morgan fingerprint density at radius 3 is 2.68 bits per heavy atom. The fourth-order valence-corrected chi connectivity index (χ4v) is 2.82. The Morgan fingerprint density at radius 1 is 1.05 bits per heavy atom. The third-order valence-electron chi connectivity index (χ3n) is 3.94. The predicted octanol–water partition coefficient (Wildman–Crippen LogP) is 4.21. The number of esters is 1. The number of carbonyl (C=O) groups excluding carboxylic acids is 1. The van der Waals surface area contributed by atoms with Gasteiger partial charge in [-0.1, -0.05) is 42.5 Å². The SMILES string of the molecule is O=C1OC2=CC(c3ccco3)=CCC2C=C1c1ccccc1. The van der Waals surface area contributed by atoms with Crippen molar-refractivity contribution < 1.29 is 13.9 Å². The number of ether oxygens (including phenoxy) is 1. The van der Waals surface area contributed by atoms with Crippen molar-refractivity contribution in [2.45, 2.75) is 6.42 Å². The summed E-state index contributed by atoms with van der Waals surface area (Å²) < 4.78 is 11.0. The van der Waals surface area contributed by atoms with Crippen LogP contribution < -0.4 is 0 Å². The second-order valence-corrected chi connectivity index (χ2v) is 5.36. The smallest absolute Gasteiger partial charge is 0.343 e. The van der Waals surface area contributed by atoms with Crippen LogP contribution in [-0.4, -0.2) is 5.97 Å². The molecule has 0 N–H and O–H groups in total. The Morgan fingerprint density at radius 2 is 1.91 bits per heavy atom. The maximum Gasteiger partial charge on any atom is 0.343 e. The van der Waals surface area contributed by atoms with Crippen LogP contribution in [0.15, 0.2) is 77.1 Å². The van der Waals surface area contributed by atoms with Gasteiger partial charge in [0.05, 0.1) is 11.8 Å². The fraction of sp³-hybridized carbons (Fsp3) is 0.105. The normalized spacial score (nSPS) is 20.5. The van der Waals surface area contributed by atoms with E-state index in [0.29, 0.717) is 11.3 Å². The highest BCUT2D eigenvalue weighted by Gasteiger charge is 2.29. The summed E-state index contributed by atoms with van der Waals surface area (Å²) >= 11 is 0. The van der Waals surface area contributed by atoms with Gasteiger partial charge in [-0.25, -0.2) is 4.79 Å². The Kier molecular flexibility index (Phi) is 3.04. The first-order valence-electron chi connectivity index (χ1n) is 7.26. The zero-order valence-corrected chi connectivity index (χ0v) is 11.9. The molecule has 1 aromatic heterocycles. The standard InChI is InChI=1S/C19H14O3/c20-19-16(13-5-2-1-3-6-13)11-14-8-9-15(12-18(14)22-19)17-7-4-10-21-17/h1-7,9-12,14H,8H2. The van der Waals surface area contributed by atoms with E-state index in [0.717, 1.165) is 23.3 Å². The van der Waals surface area contributed by atoms with Crippen LogP contribution in [-0.2, 0) is 9.53 Å². The van der Waals surface area contributed by atoms with Crippen LogP contribution in [0.3, 0.4) is 0 Å². The summed E-state index contributed by atoms with van der Waals surface area (Å²) in [6.45, 7) is 0. The van der Waals surface area contributed by atoms with E-state index in [-0.39, 0.29) is 11.9 Å². The van der Waals surface area contributed by atoms with Crippen molar-refractivity contribution in [2.24, 2.45) is 5.92 Å². The number of fused-ring (bicyclic) bond motifs is 1. The molecule has 1 unspecified atom stereocenters. The fourth-order valence-electron chi connectivity index (χ4n) is 2.82. The average molecular weight is 290 g/mol. The Bertz CT molecular complexity index is 792. The van der Waals surface area contributed by atoms with Crippen LogP contribution in [0, 0.1) is 5.92 Å². The molecule has 0 bridgehead atoms. The highest BCUT2D eigenvalue weighted by molar-refractivity contribution is 6.17. The van der Waals surface area contributed by atoms with Crippen LogP contribution >= 0.6 is 0 Å². The van der Waals surface area contributed by atoms with Crippen molar-refractivity contribution in [1.29, 1.82) is 0 Å². The Balaban J connectivity index is 1.67. The monoisotopic (exact) mass is 290 g/mol. The van der Waals surface area contributed by atoms with E-state index in [1.165, 1.54) is 0 Å². The van der Waals surface area contributed by atoms with Gasteiger partial charge in [0.15, 0.2) is 0 Å². The number of hydrogen-bond donors (Lipinski definition) is 0. The van der Waals surface area contributed by atoms with Gasteiger partial charge in [0.25, 0.3) is 0 Å². The Labute approximate surface area is 128 Å². The highest BCUT2D eigenvalue weighted by atomic mass is 16.5. The number of rotatable bonds is 2. The van der Waals surface area contributed by atoms with Crippen LogP contribution in [0.2, 0.25) is 0 Å². The quantitative estimate of drug-likeness (QED) is 0.778. The first kappa shape index (κ1) is 12.9. The summed E-state index contributed by atoms with van der Waals surface area (Å²) in [6, 6.07) is 13.4. The van der Waals surface area contributed by atoms with Gasteiger partial charge in [-0.05, 0) is 30.2 Å². The molecule has 108 valence electrons. The molecule has 0 saturated carbocycles. The molecule has 22 heavy (non-hydrogen) atoms. The van der Waals surface area contributed by atoms with Crippen molar-refractivity contribution in [1.82, 2.24) is 0 Å². The van der Waals surface area contributed by atoms with Crippen molar-refractivity contribution in [2.75, 3.05) is 0 Å². The van der Waals surface area contributed by atoms with Gasteiger partial charge in [-0.15, -0.1) is 0 Å². The molecule has 2 aliphatic rings. The molecule has 1 aliphatic heterocycles. The summed E-state index contributed by atoms with van der Waals surface area (Å²) in [6.07, 6.45) is 8.45. The minimum Gasteiger partial charge on any atom is -0.464 e. The maximum atomic E-state index is 12.3. The molecular formula is C19H14O3. The van der Waals surface area contributed by atoms with Gasteiger partial charge in [-0.3, -0.25) is 0 Å². The number of benzene rings is 1. The summed E-state index contributed by atoms with van der Waals surface area (Å²) in [5, 5.41) is 0. The number of carbonyl (C=O) groups is 1. The molecule has 1 aliphatic carbocycles. The van der Waals surface area contributed by atoms with E-state index < -0.39 is 0 Å². The molecule has 0 radical (unpaired) electrons. The minimum atomic E-state index is -0.297. The largest absolute Gasteiger partial charge is 0.464 e. The zero-order valence-electron chi connectivity index (χ0n) is 11.9. The van der Waals surface area contributed by atoms with Gasteiger partial charge < -0.3 is 9.15 Å². The third-order valence-corrected chi connectivity index (χ3v) is 3.94. The van der Waals surface area contributed by atoms with Crippen molar-refractivity contribution in [3.05, 3.63) is 84.0 Å². The maximum absolute atomic E-state index is 12.3. The summed E-state index contributed by atoms with van der Waals surface area (Å²) in [5.41, 5.74) is 2.49. The number of hydrogen-bond acceptors (Lipinski definition) is 3. The topological polar surface area (TPSA) is 39.4 Å². The molecule has 0 amide bonds. The van der Waals surface area contributed by atoms with Crippen LogP contribution in [0.25, 0.3) is 11.1 Å². The average Bonchev–Trinajstić information content (AvgIpc) is 3.09. The molecule has 3 heteroatoms. The molecule has 0 fully saturated rings. The van der Waals surface area contributed by atoms with E-state index in [1.54, 1.807) is 6.26 Å². The third kappa shape index (κ3) is 2.21. The molecular weight excluding hydrogens is 276 g/mol. The van der Waals surface area contributed by atoms with Crippen molar-refractivity contribution >= 4 is 17.1 Å². The lowest BCUT2D eigenvalue weighted by Gasteiger charge is -2.26. The molecule has 2 aromatic rings. The lowest BCUT2D eigenvalue weighted by molar-refractivity contribution is -0.134. The van der Waals surface area contributed by atoms with Crippen molar-refractivity contribution in [3.8, 4) is 0 Å². The summed E-state index contributed by atoms with van der Waals surface area (Å²) in [4.78, 5) is 12.3. The van der Waals surface area contributed by atoms with Gasteiger partial charge in [-0.2, -0.15) is 0 Å². The lowest BCUT2D eigenvalue weighted by atomic mass is 9.88. The van der Waals surface area contributed by atoms with E-state index in [2.05, 4.69) is 6.08 Å².